The van der Waals surface area contributed by atoms with Crippen molar-refractivity contribution in [2.45, 2.75) is 0 Å². The molecule has 1 aromatic heterocycles. The van der Waals surface area contributed by atoms with E-state index in [-0.39, 0.29) is 5.47 Å². The molecular weight excluding hydrogens is 295 g/mol. The molecule has 0 aliphatic rings. The second-order valence-electron chi connectivity index (χ2n) is 5.05. The first-order valence-electron chi connectivity index (χ1n) is 7.17. The second kappa shape index (κ2) is 6.61. The predicted octanol–water partition coefficient (Wildman–Crippen LogP) is 4.75. The molecule has 0 aliphatic carbocycles. The maximum Gasteiger partial charge on any atom is 0.572 e. The largest absolute Gasteiger partial charge is 0.572 e. The van der Waals surface area contributed by atoms with Gasteiger partial charge in [0.2, 0.25) is 0 Å². The van der Waals surface area contributed by atoms with Crippen LogP contribution in [0.15, 0.2) is 60.8 Å². The highest BCUT2D eigenvalue weighted by Crippen LogP contribution is 2.26. The zero-order chi connectivity index (χ0) is 16.2. The minimum absolute atomic E-state index is 0.0588. The van der Waals surface area contributed by atoms with Crippen LogP contribution in [-0.2, 0) is 0 Å². The molecule has 0 radical (unpaired) electrons. The first-order valence-corrected chi connectivity index (χ1v) is 7.17. The zero-order valence-corrected chi connectivity index (χ0v) is 12.5. The number of methoxy groups -OCH3 is 1. The van der Waals surface area contributed by atoms with Gasteiger partial charge in [0.05, 0.1) is 12.8 Å². The SMILES string of the molecule is COc1ccc(/C(=C\c2nccc3ccccc23)B(F)F)cc1. The fourth-order valence-corrected chi connectivity index (χ4v) is 2.46. The molecule has 0 saturated carbocycles. The van der Waals surface area contributed by atoms with E-state index in [4.69, 9.17) is 4.74 Å². The van der Waals surface area contributed by atoms with Crippen LogP contribution in [0.4, 0.5) is 8.63 Å². The van der Waals surface area contributed by atoms with Crippen LogP contribution in [0.25, 0.3) is 22.3 Å². The Hall–Kier alpha value is -2.69. The quantitative estimate of drug-likeness (QED) is 0.649. The van der Waals surface area contributed by atoms with Gasteiger partial charge >= 0.3 is 7.27 Å². The van der Waals surface area contributed by atoms with Crippen molar-refractivity contribution in [3.8, 4) is 5.75 Å². The molecule has 0 amide bonds. The normalized spacial score (nSPS) is 11.5. The molecule has 2 aromatic carbocycles. The lowest BCUT2D eigenvalue weighted by Crippen LogP contribution is -2.02. The molecule has 0 N–H and O–H groups in total. The van der Waals surface area contributed by atoms with E-state index < -0.39 is 7.27 Å². The number of nitrogens with zero attached hydrogens (tertiary/aromatic N) is 1. The van der Waals surface area contributed by atoms with E-state index in [1.165, 1.54) is 6.08 Å². The Labute approximate surface area is 133 Å². The van der Waals surface area contributed by atoms with Crippen LogP contribution in [-0.4, -0.2) is 19.4 Å². The third-order valence-corrected chi connectivity index (χ3v) is 3.66. The number of pyridine rings is 1. The lowest BCUT2D eigenvalue weighted by Gasteiger charge is -2.07. The molecule has 0 saturated heterocycles. The molecule has 5 heteroatoms. The highest BCUT2D eigenvalue weighted by atomic mass is 19.2. The fourth-order valence-electron chi connectivity index (χ4n) is 2.46. The van der Waals surface area contributed by atoms with Crippen LogP contribution in [0.2, 0.25) is 0 Å². The van der Waals surface area contributed by atoms with Crippen molar-refractivity contribution in [1.29, 1.82) is 0 Å². The number of fused-ring (bicyclic) bond motifs is 1. The first-order chi connectivity index (χ1) is 11.2. The summed E-state index contributed by atoms with van der Waals surface area (Å²) in [7, 11) is -1.05. The predicted molar refractivity (Wildman–Crippen MR) is 90.6 cm³/mol. The van der Waals surface area contributed by atoms with Crippen LogP contribution < -0.4 is 4.74 Å². The van der Waals surface area contributed by atoms with Crippen LogP contribution >= 0.6 is 0 Å². The number of hydrogen-bond acceptors (Lipinski definition) is 2. The molecule has 3 rings (SSSR count). The monoisotopic (exact) mass is 309 g/mol. The molecule has 23 heavy (non-hydrogen) atoms. The van der Waals surface area contributed by atoms with Crippen molar-refractivity contribution in [2.24, 2.45) is 0 Å². The molecule has 3 aromatic rings. The van der Waals surface area contributed by atoms with Crippen LogP contribution in [0.1, 0.15) is 11.3 Å². The minimum Gasteiger partial charge on any atom is -0.497 e. The average molecular weight is 309 g/mol. The van der Waals surface area contributed by atoms with E-state index in [1.807, 2.05) is 30.3 Å². The summed E-state index contributed by atoms with van der Waals surface area (Å²) in [5, 5.41) is 1.82. The van der Waals surface area contributed by atoms with Gasteiger partial charge in [0, 0.05) is 17.1 Å². The van der Waals surface area contributed by atoms with Gasteiger partial charge in [0.25, 0.3) is 0 Å². The molecule has 0 bridgehead atoms. The average Bonchev–Trinajstić information content (AvgIpc) is 2.59. The van der Waals surface area contributed by atoms with Gasteiger partial charge < -0.3 is 4.74 Å². The third-order valence-electron chi connectivity index (χ3n) is 3.66. The lowest BCUT2D eigenvalue weighted by molar-refractivity contribution is 0.415. The Morgan fingerprint density at radius 3 is 2.48 bits per heavy atom. The van der Waals surface area contributed by atoms with Crippen molar-refractivity contribution in [3.63, 3.8) is 0 Å². The number of hydrogen-bond donors (Lipinski definition) is 0. The molecule has 0 atom stereocenters. The topological polar surface area (TPSA) is 22.1 Å². The van der Waals surface area contributed by atoms with Gasteiger partial charge in [-0.05, 0) is 35.2 Å². The first kappa shape index (κ1) is 15.2. The van der Waals surface area contributed by atoms with Gasteiger partial charge in [-0.25, -0.2) is 0 Å². The molecule has 1 heterocycles. The van der Waals surface area contributed by atoms with Gasteiger partial charge in [-0.2, -0.15) is 0 Å². The number of halogens is 2. The Morgan fingerprint density at radius 1 is 1.04 bits per heavy atom. The highest BCUT2D eigenvalue weighted by Gasteiger charge is 2.22. The second-order valence-corrected chi connectivity index (χ2v) is 5.05. The molecule has 0 spiro atoms. The standard InChI is InChI=1S/C18H14BF2NO/c1-23-15-8-6-14(7-9-15)17(19(20)21)12-18-16-5-3-2-4-13(16)10-11-22-18/h2-12H,1H3/b17-12+. The molecule has 0 fully saturated rings. The van der Waals surface area contributed by atoms with Crippen LogP contribution in [0.3, 0.4) is 0 Å². The van der Waals surface area contributed by atoms with E-state index in [1.54, 1.807) is 37.6 Å². The summed E-state index contributed by atoms with van der Waals surface area (Å²) in [6.45, 7) is 0. The minimum atomic E-state index is -2.59. The van der Waals surface area contributed by atoms with Crippen LogP contribution in [0.5, 0.6) is 5.75 Å². The number of ether oxygens (including phenoxy) is 1. The summed E-state index contributed by atoms with van der Waals surface area (Å²) in [5.74, 6) is 0.630. The van der Waals surface area contributed by atoms with Crippen molar-refractivity contribution in [1.82, 2.24) is 4.98 Å². The molecule has 2 nitrogen and oxygen atoms in total. The van der Waals surface area contributed by atoms with Gasteiger partial charge in [-0.15, -0.1) is 0 Å². The third kappa shape index (κ3) is 3.23. The van der Waals surface area contributed by atoms with Crippen molar-refractivity contribution < 1.29 is 13.4 Å². The maximum atomic E-state index is 13.5. The Morgan fingerprint density at radius 2 is 1.78 bits per heavy atom. The molecular formula is C18H14BF2NO. The lowest BCUT2D eigenvalue weighted by atomic mass is 9.79. The summed E-state index contributed by atoms with van der Waals surface area (Å²) >= 11 is 0. The van der Waals surface area contributed by atoms with E-state index in [9.17, 15) is 8.63 Å². The number of aromatic nitrogens is 1. The van der Waals surface area contributed by atoms with E-state index in [0.29, 0.717) is 17.0 Å². The van der Waals surface area contributed by atoms with Gasteiger partial charge in [0.15, 0.2) is 0 Å². The molecule has 0 aliphatic heterocycles. The smallest absolute Gasteiger partial charge is 0.497 e. The van der Waals surface area contributed by atoms with E-state index in [2.05, 4.69) is 4.98 Å². The highest BCUT2D eigenvalue weighted by molar-refractivity contribution is 6.68. The number of benzene rings is 2. The zero-order valence-electron chi connectivity index (χ0n) is 12.5. The van der Waals surface area contributed by atoms with Gasteiger partial charge in [-0.3, -0.25) is 13.6 Å². The van der Waals surface area contributed by atoms with E-state index in [0.717, 1.165) is 10.8 Å². The summed E-state index contributed by atoms with van der Waals surface area (Å²) in [6.07, 6.45) is 3.08. The summed E-state index contributed by atoms with van der Waals surface area (Å²) in [4.78, 5) is 4.25. The van der Waals surface area contributed by atoms with Gasteiger partial charge in [0.1, 0.15) is 5.75 Å². The van der Waals surface area contributed by atoms with E-state index >= 15 is 0 Å². The molecule has 0 unspecified atom stereocenters. The Kier molecular flexibility index (Phi) is 4.37. The summed E-state index contributed by atoms with van der Waals surface area (Å²) in [5.41, 5.74) is 0.932. The van der Waals surface area contributed by atoms with Crippen molar-refractivity contribution in [3.05, 3.63) is 72.1 Å². The van der Waals surface area contributed by atoms with Crippen LogP contribution in [0, 0.1) is 0 Å². The fraction of sp³-hybridized carbons (Fsp3) is 0.0556. The Bertz CT molecular complexity index is 842. The maximum absolute atomic E-state index is 13.5. The van der Waals surface area contributed by atoms with Gasteiger partial charge in [-0.1, -0.05) is 36.4 Å². The summed E-state index contributed by atoms with van der Waals surface area (Å²) in [6, 6.07) is 16.1. The molecule has 114 valence electrons. The Balaban J connectivity index is 2.11. The number of rotatable bonds is 4. The van der Waals surface area contributed by atoms with Crippen molar-refractivity contribution in [2.75, 3.05) is 7.11 Å². The van der Waals surface area contributed by atoms with Crippen molar-refractivity contribution >= 4 is 29.6 Å². The summed E-state index contributed by atoms with van der Waals surface area (Å²) < 4.78 is 32.1.